The molecule has 1 aromatic rings. The second kappa shape index (κ2) is 6.14. The van der Waals surface area contributed by atoms with E-state index in [-0.39, 0.29) is 23.8 Å². The van der Waals surface area contributed by atoms with E-state index in [1.807, 2.05) is 20.8 Å². The Kier molecular flexibility index (Phi) is 4.37. The van der Waals surface area contributed by atoms with Crippen molar-refractivity contribution >= 4 is 35.9 Å². The molecule has 0 saturated carbocycles. The average molecular weight is 378 g/mol. The van der Waals surface area contributed by atoms with E-state index >= 15 is 0 Å². The fourth-order valence-corrected chi connectivity index (χ4v) is 4.81. The number of hydrogen-bond donors (Lipinski definition) is 4. The van der Waals surface area contributed by atoms with Crippen LogP contribution in [0.1, 0.15) is 27.7 Å². The summed E-state index contributed by atoms with van der Waals surface area (Å²) in [5, 5.41) is 16.7. The number of benzene rings is 1. The number of carbonyl (C=O) groups excluding carboxylic acids is 1. The zero-order valence-electron chi connectivity index (χ0n) is 15.2. The maximum Gasteiger partial charge on any atom is 0.348 e. The molecule has 26 heavy (non-hydrogen) atoms. The lowest BCUT2D eigenvalue weighted by Crippen LogP contribution is -2.39. The minimum Gasteiger partial charge on any atom is -0.509 e. The van der Waals surface area contributed by atoms with Gasteiger partial charge in [-0.05, 0) is 30.5 Å². The number of nitrogens with one attached hydrogen (secondary N) is 2. The summed E-state index contributed by atoms with van der Waals surface area (Å²) in [5.74, 6) is -0.577. The number of amides is 1. The summed E-state index contributed by atoms with van der Waals surface area (Å²) in [6.07, 6.45) is 0. The summed E-state index contributed by atoms with van der Waals surface area (Å²) < 4.78 is 23.0. The van der Waals surface area contributed by atoms with Gasteiger partial charge in [0.05, 0.1) is 23.6 Å². The van der Waals surface area contributed by atoms with E-state index in [2.05, 4.69) is 15.4 Å². The monoisotopic (exact) mass is 378 g/mol. The first-order valence-corrected chi connectivity index (χ1v) is 9.91. The second-order valence-corrected chi connectivity index (χ2v) is 9.30. The molecule has 0 saturated heterocycles. The topological polar surface area (TPSA) is 126 Å². The molecular formula is C17H23N4O4P. The molecule has 0 aliphatic carbocycles. The highest BCUT2D eigenvalue weighted by molar-refractivity contribution is 7.66. The van der Waals surface area contributed by atoms with Gasteiger partial charge in [-0.25, -0.2) is 0 Å². The minimum absolute atomic E-state index is 0.0210. The van der Waals surface area contributed by atoms with Gasteiger partial charge < -0.3 is 26.0 Å². The first kappa shape index (κ1) is 18.5. The molecule has 2 atom stereocenters. The van der Waals surface area contributed by atoms with Crippen molar-refractivity contribution in [2.75, 3.05) is 17.7 Å². The van der Waals surface area contributed by atoms with Gasteiger partial charge in [0, 0.05) is 5.69 Å². The van der Waals surface area contributed by atoms with Crippen molar-refractivity contribution in [2.24, 2.45) is 10.2 Å². The van der Waals surface area contributed by atoms with Crippen LogP contribution in [0.15, 0.2) is 34.3 Å². The Balaban J connectivity index is 2.14. The average Bonchev–Trinajstić information content (AvgIpc) is 2.83. The molecule has 1 amide bonds. The lowest BCUT2D eigenvalue weighted by Gasteiger charge is -2.27. The van der Waals surface area contributed by atoms with Crippen molar-refractivity contribution < 1.29 is 19.0 Å². The molecule has 0 bridgehead atoms. The summed E-state index contributed by atoms with van der Waals surface area (Å²) in [6, 6.07) is 4.27. The number of hydrogen-bond acceptors (Lipinski definition) is 6. The fraction of sp³-hybridized carbons (Fsp3) is 0.412. The third-order valence-corrected chi connectivity index (χ3v) is 6.30. The molecule has 2 aliphatic rings. The van der Waals surface area contributed by atoms with Crippen molar-refractivity contribution in [3.8, 4) is 0 Å². The molecule has 2 aliphatic heterocycles. The Hall–Kier alpha value is -2.31. The van der Waals surface area contributed by atoms with Gasteiger partial charge in [-0.2, -0.15) is 4.76 Å². The highest BCUT2D eigenvalue weighted by Gasteiger charge is 2.43. The molecule has 0 radical (unpaired) electrons. The first-order valence-electron chi connectivity index (χ1n) is 8.33. The molecule has 3 rings (SSSR count). The van der Waals surface area contributed by atoms with Gasteiger partial charge in [0.25, 0.3) is 5.91 Å². The molecule has 9 heteroatoms. The van der Waals surface area contributed by atoms with E-state index in [9.17, 15) is 14.5 Å². The van der Waals surface area contributed by atoms with Crippen molar-refractivity contribution in [3.05, 3.63) is 29.5 Å². The van der Waals surface area contributed by atoms with Crippen LogP contribution >= 0.6 is 7.52 Å². The number of fused-ring (bicyclic) bond motifs is 1. The van der Waals surface area contributed by atoms with Gasteiger partial charge in [0.2, 0.25) is 0 Å². The van der Waals surface area contributed by atoms with Crippen LogP contribution in [-0.2, 0) is 13.9 Å². The van der Waals surface area contributed by atoms with Crippen LogP contribution in [0, 0.1) is 5.41 Å². The number of aliphatic hydroxyl groups is 1. The maximum atomic E-state index is 13.3. The number of aliphatic hydroxyl groups excluding tert-OH is 1. The highest BCUT2D eigenvalue weighted by atomic mass is 31.2. The quantitative estimate of drug-likeness (QED) is 0.472. The van der Waals surface area contributed by atoms with Gasteiger partial charge in [0.15, 0.2) is 5.84 Å². The van der Waals surface area contributed by atoms with Crippen molar-refractivity contribution in [3.63, 3.8) is 0 Å². The molecule has 2 heterocycles. The molecule has 140 valence electrons. The van der Waals surface area contributed by atoms with Gasteiger partial charge in [0.1, 0.15) is 11.3 Å². The van der Waals surface area contributed by atoms with E-state index in [0.29, 0.717) is 16.7 Å². The Morgan fingerprint density at radius 2 is 2.08 bits per heavy atom. The predicted octanol–water partition coefficient (Wildman–Crippen LogP) is 2.30. The predicted molar refractivity (Wildman–Crippen MR) is 102 cm³/mol. The first-order chi connectivity index (χ1) is 12.1. The summed E-state index contributed by atoms with van der Waals surface area (Å²) in [5.41, 5.74) is 6.29. The van der Waals surface area contributed by atoms with Crippen LogP contribution in [0.5, 0.6) is 0 Å². The lowest BCUT2D eigenvalue weighted by molar-refractivity contribution is -0.117. The van der Waals surface area contributed by atoms with Gasteiger partial charge >= 0.3 is 7.52 Å². The minimum atomic E-state index is -3.63. The Morgan fingerprint density at radius 1 is 1.38 bits per heavy atom. The summed E-state index contributed by atoms with van der Waals surface area (Å²) in [6.45, 7) is 7.57. The molecule has 2 unspecified atom stereocenters. The number of nitrogen functional groups attached to an aromatic ring is 1. The van der Waals surface area contributed by atoms with E-state index < -0.39 is 24.9 Å². The number of anilines is 2. The standard InChI is InChI=1S/C17H23N4O4P/c1-5-25-26(24)11-8-9(18)6-7-10(11)19-15(21-26)12-13(22)14(17(2,3)4)20-16(12)23/h6-8,14,22H,5,18H2,1-4H3,(H,20,23)(H,19,21,24). The van der Waals surface area contributed by atoms with Crippen molar-refractivity contribution in [1.29, 1.82) is 0 Å². The van der Waals surface area contributed by atoms with Crippen LogP contribution in [0.2, 0.25) is 0 Å². The Labute approximate surface area is 152 Å². The van der Waals surface area contributed by atoms with Gasteiger partial charge in [-0.3, -0.25) is 9.36 Å². The molecule has 8 nitrogen and oxygen atoms in total. The zero-order chi connectivity index (χ0) is 19.3. The highest BCUT2D eigenvalue weighted by Crippen LogP contribution is 2.52. The Morgan fingerprint density at radius 3 is 2.65 bits per heavy atom. The van der Waals surface area contributed by atoms with Crippen LogP contribution in [0.3, 0.4) is 0 Å². The SMILES string of the molecule is CCOP1(=O)N=C(C2=C(O)C(C(C)(C)C)NC2=O)Nc2ccc(N)cc21. The smallest absolute Gasteiger partial charge is 0.348 e. The largest absolute Gasteiger partial charge is 0.509 e. The molecule has 5 N–H and O–H groups in total. The lowest BCUT2D eigenvalue weighted by atomic mass is 9.86. The van der Waals surface area contributed by atoms with Crippen LogP contribution in [0.25, 0.3) is 0 Å². The van der Waals surface area contributed by atoms with Crippen LogP contribution < -0.4 is 21.7 Å². The van der Waals surface area contributed by atoms with E-state index in [1.54, 1.807) is 25.1 Å². The molecule has 1 aromatic carbocycles. The van der Waals surface area contributed by atoms with Crippen LogP contribution in [0.4, 0.5) is 11.4 Å². The molecule has 0 spiro atoms. The number of amidine groups is 1. The van der Waals surface area contributed by atoms with Crippen LogP contribution in [-0.4, -0.2) is 29.5 Å². The summed E-state index contributed by atoms with van der Waals surface area (Å²) in [4.78, 5) is 12.5. The number of rotatable bonds is 3. The summed E-state index contributed by atoms with van der Waals surface area (Å²) in [7, 11) is -3.63. The molecular weight excluding hydrogens is 355 g/mol. The number of nitrogens with two attached hydrogens (primary N) is 1. The van der Waals surface area contributed by atoms with E-state index in [4.69, 9.17) is 10.3 Å². The van der Waals surface area contributed by atoms with E-state index in [0.717, 1.165) is 0 Å². The van der Waals surface area contributed by atoms with Crippen molar-refractivity contribution in [2.45, 2.75) is 33.7 Å². The van der Waals surface area contributed by atoms with Crippen molar-refractivity contribution in [1.82, 2.24) is 5.32 Å². The molecule has 0 fully saturated rings. The maximum absolute atomic E-state index is 13.3. The van der Waals surface area contributed by atoms with Gasteiger partial charge in [-0.15, -0.1) is 0 Å². The second-order valence-electron chi connectivity index (χ2n) is 7.32. The fourth-order valence-electron chi connectivity index (χ4n) is 3.00. The normalized spacial score (nSPS) is 25.5. The number of carbonyl (C=O) groups is 1. The van der Waals surface area contributed by atoms with E-state index in [1.165, 1.54) is 0 Å². The van der Waals surface area contributed by atoms with Gasteiger partial charge in [-0.1, -0.05) is 20.8 Å². The Bertz CT molecular complexity index is 885. The summed E-state index contributed by atoms with van der Waals surface area (Å²) >= 11 is 0. The molecule has 0 aromatic heterocycles. The third kappa shape index (κ3) is 2.99. The third-order valence-electron chi connectivity index (χ3n) is 4.25. The number of nitrogens with zero attached hydrogens (tertiary/aromatic N) is 1. The zero-order valence-corrected chi connectivity index (χ0v) is 16.1.